The second-order valence-electron chi connectivity index (χ2n) is 2.11. The molecule has 0 aliphatic carbocycles. The zero-order valence-electron chi connectivity index (χ0n) is 6.68. The average Bonchev–Trinajstić information content (AvgIpc) is 1.88. The Morgan fingerprint density at radius 1 is 1.11 bits per heavy atom. The van der Waals surface area contributed by atoms with Gasteiger partial charge in [-0.25, -0.2) is 0 Å². The van der Waals surface area contributed by atoms with Crippen LogP contribution in [0, 0.1) is 0 Å². The Hall–Kier alpha value is -0.0800. The maximum absolute atomic E-state index is 5.06. The highest BCUT2D eigenvalue weighted by Crippen LogP contribution is 1.91. The molecular weight excluding hydrogens is 114 g/mol. The summed E-state index contributed by atoms with van der Waals surface area (Å²) in [4.78, 5) is 5.06. The third kappa shape index (κ3) is 4.43. The third-order valence-corrected chi connectivity index (χ3v) is 1.20. The normalized spacial score (nSPS) is 10.7. The van der Waals surface area contributed by atoms with Crippen molar-refractivity contribution in [1.29, 1.82) is 0 Å². The minimum Gasteiger partial charge on any atom is -0.302 e. The first-order valence-electron chi connectivity index (χ1n) is 3.64. The number of hydrogen-bond acceptors (Lipinski definition) is 2. The molecule has 0 aromatic heterocycles. The van der Waals surface area contributed by atoms with E-state index < -0.39 is 0 Å². The molecule has 0 amide bonds. The molecule has 0 spiro atoms. The number of hydrogen-bond donors (Lipinski definition) is 0. The van der Waals surface area contributed by atoms with Gasteiger partial charge < -0.3 is 4.84 Å². The zero-order chi connectivity index (χ0) is 7.11. The molecule has 2 nitrogen and oxygen atoms in total. The Balaban J connectivity index is 3.18. The number of rotatable bonds is 5. The summed E-state index contributed by atoms with van der Waals surface area (Å²) in [6.45, 7) is 6.40. The Labute approximate surface area is 57.8 Å². The van der Waals surface area contributed by atoms with E-state index in [1.165, 1.54) is 0 Å². The van der Waals surface area contributed by atoms with Crippen LogP contribution in [0.5, 0.6) is 0 Å². The molecule has 9 heavy (non-hydrogen) atoms. The molecule has 0 bridgehead atoms. The fourth-order valence-electron chi connectivity index (χ4n) is 0.793. The maximum Gasteiger partial charge on any atom is 0.0575 e. The van der Waals surface area contributed by atoms with Crippen molar-refractivity contribution in [2.45, 2.75) is 26.7 Å². The second kappa shape index (κ2) is 6.05. The summed E-state index contributed by atoms with van der Waals surface area (Å²) in [5.74, 6) is 0. The summed E-state index contributed by atoms with van der Waals surface area (Å²) in [5, 5.41) is 1.99. The maximum atomic E-state index is 5.06. The summed E-state index contributed by atoms with van der Waals surface area (Å²) in [6, 6.07) is 0. The lowest BCUT2D eigenvalue weighted by Crippen LogP contribution is -2.23. The summed E-state index contributed by atoms with van der Waals surface area (Å²) in [6.07, 6.45) is 2.32. The van der Waals surface area contributed by atoms with Crippen molar-refractivity contribution in [1.82, 2.24) is 5.06 Å². The van der Waals surface area contributed by atoms with Gasteiger partial charge in [-0.15, -0.1) is 0 Å². The molecule has 0 radical (unpaired) electrons. The summed E-state index contributed by atoms with van der Waals surface area (Å²) >= 11 is 0. The fourth-order valence-corrected chi connectivity index (χ4v) is 0.793. The monoisotopic (exact) mass is 131 g/mol. The molecule has 2 heteroatoms. The zero-order valence-corrected chi connectivity index (χ0v) is 6.68. The van der Waals surface area contributed by atoms with E-state index in [0.29, 0.717) is 0 Å². The predicted octanol–water partition coefficient (Wildman–Crippen LogP) is 1.67. The van der Waals surface area contributed by atoms with E-state index in [-0.39, 0.29) is 0 Å². The highest BCUT2D eigenvalue weighted by molar-refractivity contribution is 4.40. The van der Waals surface area contributed by atoms with Gasteiger partial charge in [0.15, 0.2) is 0 Å². The molecule has 0 aromatic carbocycles. The Bertz CT molecular complexity index is 50.9. The molecular formula is C7H17NO. The summed E-state index contributed by atoms with van der Waals surface area (Å²) in [5.41, 5.74) is 0. The van der Waals surface area contributed by atoms with E-state index in [4.69, 9.17) is 4.84 Å². The van der Waals surface area contributed by atoms with E-state index in [1.807, 2.05) is 5.06 Å². The van der Waals surface area contributed by atoms with Crippen LogP contribution in [-0.2, 0) is 4.84 Å². The molecule has 0 saturated carbocycles. The molecule has 0 saturated heterocycles. The van der Waals surface area contributed by atoms with Crippen LogP contribution in [0.2, 0.25) is 0 Å². The molecule has 0 aromatic rings. The van der Waals surface area contributed by atoms with Crippen LogP contribution in [0.1, 0.15) is 26.7 Å². The SMILES string of the molecule is CCCN(CCC)OC. The fraction of sp³-hybridized carbons (Fsp3) is 1.00. The molecule has 0 unspecified atom stereocenters. The minimum atomic E-state index is 1.05. The smallest absolute Gasteiger partial charge is 0.0575 e. The van der Waals surface area contributed by atoms with Crippen LogP contribution < -0.4 is 0 Å². The highest BCUT2D eigenvalue weighted by atomic mass is 16.7. The van der Waals surface area contributed by atoms with Crippen molar-refractivity contribution in [3.8, 4) is 0 Å². The van der Waals surface area contributed by atoms with Gasteiger partial charge in [0.05, 0.1) is 7.11 Å². The van der Waals surface area contributed by atoms with Crippen molar-refractivity contribution >= 4 is 0 Å². The van der Waals surface area contributed by atoms with Crippen LogP contribution in [0.4, 0.5) is 0 Å². The van der Waals surface area contributed by atoms with Crippen LogP contribution in [-0.4, -0.2) is 25.3 Å². The molecule has 0 N–H and O–H groups in total. The van der Waals surface area contributed by atoms with Gasteiger partial charge in [-0.1, -0.05) is 13.8 Å². The summed E-state index contributed by atoms with van der Waals surface area (Å²) in [7, 11) is 1.73. The quantitative estimate of drug-likeness (QED) is 0.526. The standard InChI is InChI=1S/C7H17NO/c1-4-6-8(9-3)7-5-2/h4-7H2,1-3H3. The Morgan fingerprint density at radius 3 is 1.78 bits per heavy atom. The van der Waals surface area contributed by atoms with Crippen LogP contribution >= 0.6 is 0 Å². The van der Waals surface area contributed by atoms with Gasteiger partial charge >= 0.3 is 0 Å². The van der Waals surface area contributed by atoms with Gasteiger partial charge in [-0.2, -0.15) is 5.06 Å². The van der Waals surface area contributed by atoms with Crippen LogP contribution in [0.15, 0.2) is 0 Å². The van der Waals surface area contributed by atoms with E-state index in [2.05, 4.69) is 13.8 Å². The van der Waals surface area contributed by atoms with Crippen molar-refractivity contribution < 1.29 is 4.84 Å². The highest BCUT2D eigenvalue weighted by Gasteiger charge is 1.96. The molecule has 0 heterocycles. The molecule has 56 valence electrons. The van der Waals surface area contributed by atoms with Gasteiger partial charge in [-0.05, 0) is 12.8 Å². The number of nitrogens with zero attached hydrogens (tertiary/aromatic N) is 1. The molecule has 0 aliphatic rings. The topological polar surface area (TPSA) is 12.5 Å². The first-order valence-corrected chi connectivity index (χ1v) is 3.64. The van der Waals surface area contributed by atoms with Gasteiger partial charge in [-0.3, -0.25) is 0 Å². The minimum absolute atomic E-state index is 1.05. The Morgan fingerprint density at radius 2 is 1.56 bits per heavy atom. The summed E-state index contributed by atoms with van der Waals surface area (Å²) < 4.78 is 0. The van der Waals surface area contributed by atoms with E-state index in [0.717, 1.165) is 25.9 Å². The second-order valence-corrected chi connectivity index (χ2v) is 2.11. The van der Waals surface area contributed by atoms with E-state index in [9.17, 15) is 0 Å². The lowest BCUT2D eigenvalue weighted by molar-refractivity contribution is -0.130. The lowest BCUT2D eigenvalue weighted by atomic mass is 10.4. The van der Waals surface area contributed by atoms with Crippen molar-refractivity contribution in [3.05, 3.63) is 0 Å². The lowest BCUT2D eigenvalue weighted by Gasteiger charge is -2.16. The predicted molar refractivity (Wildman–Crippen MR) is 39.2 cm³/mol. The molecule has 0 atom stereocenters. The number of hydroxylamine groups is 2. The van der Waals surface area contributed by atoms with E-state index in [1.54, 1.807) is 7.11 Å². The molecule has 0 fully saturated rings. The van der Waals surface area contributed by atoms with Crippen molar-refractivity contribution in [3.63, 3.8) is 0 Å². The van der Waals surface area contributed by atoms with Gasteiger partial charge in [0.1, 0.15) is 0 Å². The van der Waals surface area contributed by atoms with Crippen LogP contribution in [0.25, 0.3) is 0 Å². The molecule has 0 aliphatic heterocycles. The van der Waals surface area contributed by atoms with Crippen molar-refractivity contribution in [2.75, 3.05) is 20.2 Å². The first kappa shape index (κ1) is 8.92. The average molecular weight is 131 g/mol. The van der Waals surface area contributed by atoms with E-state index >= 15 is 0 Å². The molecule has 0 rings (SSSR count). The first-order chi connectivity index (χ1) is 4.35. The Kier molecular flexibility index (Phi) is 5.99. The van der Waals surface area contributed by atoms with Crippen LogP contribution in [0.3, 0.4) is 0 Å². The van der Waals surface area contributed by atoms with Gasteiger partial charge in [0.2, 0.25) is 0 Å². The van der Waals surface area contributed by atoms with Crippen molar-refractivity contribution in [2.24, 2.45) is 0 Å². The van der Waals surface area contributed by atoms with Gasteiger partial charge in [0, 0.05) is 13.1 Å². The van der Waals surface area contributed by atoms with Gasteiger partial charge in [0.25, 0.3) is 0 Å². The third-order valence-electron chi connectivity index (χ3n) is 1.20. The largest absolute Gasteiger partial charge is 0.302 e.